The molecule has 2 aromatic heterocycles. The first-order valence-corrected chi connectivity index (χ1v) is 14.7. The minimum atomic E-state index is -3.35. The first-order valence-electron chi connectivity index (χ1n) is 12.4. The number of nitrogens with one attached hydrogen (secondary N) is 2. The van der Waals surface area contributed by atoms with Gasteiger partial charge in [0, 0.05) is 25.3 Å². The molecule has 3 heterocycles. The Labute approximate surface area is 224 Å². The lowest BCUT2D eigenvalue weighted by Crippen LogP contribution is -2.25. The van der Waals surface area contributed by atoms with Crippen LogP contribution < -0.4 is 15.4 Å². The first-order chi connectivity index (χ1) is 18.3. The number of carbonyl (C=O) groups excluding carboxylic acids is 1. The van der Waals surface area contributed by atoms with Gasteiger partial charge in [-0.05, 0) is 50.9 Å². The molecular formula is C25H29N5O6S2. The molecule has 1 saturated carbocycles. The Bertz CT molecular complexity index is 1430. The molecule has 0 bridgehead atoms. The van der Waals surface area contributed by atoms with Gasteiger partial charge in [-0.1, -0.05) is 28.6 Å². The average Bonchev–Trinajstić information content (AvgIpc) is 3.51. The van der Waals surface area contributed by atoms with E-state index in [2.05, 4.69) is 25.8 Å². The van der Waals surface area contributed by atoms with Crippen molar-refractivity contribution in [2.24, 2.45) is 5.16 Å². The number of sulfone groups is 1. The summed E-state index contributed by atoms with van der Waals surface area (Å²) in [4.78, 5) is 28.6. The number of hydrogen-bond acceptors (Lipinski definition) is 11. The van der Waals surface area contributed by atoms with E-state index in [0.717, 1.165) is 19.5 Å². The summed E-state index contributed by atoms with van der Waals surface area (Å²) in [5, 5.41) is 10.1. The Hall–Kier alpha value is -3.13. The minimum absolute atomic E-state index is 0.0201. The Balaban J connectivity index is 1.35. The molecule has 1 amide bonds. The molecule has 2 fully saturated rings. The van der Waals surface area contributed by atoms with Crippen LogP contribution in [0.15, 0.2) is 46.4 Å². The van der Waals surface area contributed by atoms with Crippen LogP contribution in [0.4, 0.5) is 5.13 Å². The van der Waals surface area contributed by atoms with Gasteiger partial charge in [-0.3, -0.25) is 10.1 Å². The van der Waals surface area contributed by atoms with Crippen LogP contribution in [0.3, 0.4) is 0 Å². The van der Waals surface area contributed by atoms with E-state index >= 15 is 0 Å². The van der Waals surface area contributed by atoms with Crippen LogP contribution in [0, 0.1) is 0 Å². The third-order valence-electron chi connectivity index (χ3n) is 6.11. The van der Waals surface area contributed by atoms with Crippen molar-refractivity contribution in [3.8, 4) is 5.88 Å². The Morgan fingerprint density at radius 2 is 1.97 bits per heavy atom. The molecule has 0 radical (unpaired) electrons. The van der Waals surface area contributed by atoms with Gasteiger partial charge in [-0.15, -0.1) is 0 Å². The Morgan fingerprint density at radius 3 is 2.66 bits per heavy atom. The summed E-state index contributed by atoms with van der Waals surface area (Å²) in [5.41, 5.74) is 1.01. The number of pyridine rings is 1. The number of rotatable bonds is 11. The standard InChI is InChI=1S/C25H29N5O6S2/c1-15(14-34-2)36-30-22(16-3-5-18(6-4-16)38(32,33)19-7-8-19)23(31)29-25-27-20-9-10-21(28-24(20)37-25)35-17-11-12-26-13-17/h3-6,9-10,15,17,19,26H,7-8,11-14H2,1-2H3,(H,27,29,31)/b30-22+/t15-,17?/m1/s1. The van der Waals surface area contributed by atoms with E-state index in [1.165, 1.54) is 23.5 Å². The molecule has 5 rings (SSSR count). The van der Waals surface area contributed by atoms with Crippen LogP contribution in [0.5, 0.6) is 5.88 Å². The normalized spacial score (nSPS) is 18.9. The number of nitrogens with zero attached hydrogens (tertiary/aromatic N) is 3. The van der Waals surface area contributed by atoms with E-state index < -0.39 is 21.8 Å². The number of anilines is 1. The number of aromatic nitrogens is 2. The zero-order valence-electron chi connectivity index (χ0n) is 21.0. The second kappa shape index (κ2) is 11.3. The highest BCUT2D eigenvalue weighted by Crippen LogP contribution is 2.33. The fourth-order valence-corrected chi connectivity index (χ4v) is 6.46. The maximum absolute atomic E-state index is 13.3. The van der Waals surface area contributed by atoms with E-state index in [-0.39, 0.29) is 28.6 Å². The molecule has 38 heavy (non-hydrogen) atoms. The predicted molar refractivity (Wildman–Crippen MR) is 144 cm³/mol. The van der Waals surface area contributed by atoms with Gasteiger partial charge in [0.05, 0.1) is 16.8 Å². The van der Waals surface area contributed by atoms with Gasteiger partial charge in [0.15, 0.2) is 20.7 Å². The van der Waals surface area contributed by atoms with Crippen molar-refractivity contribution in [1.82, 2.24) is 15.3 Å². The Morgan fingerprint density at radius 1 is 1.18 bits per heavy atom. The van der Waals surface area contributed by atoms with Gasteiger partial charge in [0.25, 0.3) is 5.91 Å². The maximum atomic E-state index is 13.3. The fourth-order valence-electron chi connectivity index (χ4n) is 3.98. The molecule has 13 heteroatoms. The zero-order chi connectivity index (χ0) is 26.7. The third kappa shape index (κ3) is 6.12. The monoisotopic (exact) mass is 559 g/mol. The van der Waals surface area contributed by atoms with Gasteiger partial charge in [0.2, 0.25) is 5.88 Å². The van der Waals surface area contributed by atoms with Crippen molar-refractivity contribution in [2.75, 3.05) is 32.1 Å². The highest BCUT2D eigenvalue weighted by atomic mass is 32.2. The van der Waals surface area contributed by atoms with E-state index in [4.69, 9.17) is 14.3 Å². The van der Waals surface area contributed by atoms with Crippen molar-refractivity contribution in [2.45, 2.75) is 48.5 Å². The molecule has 3 aromatic rings. The van der Waals surface area contributed by atoms with Gasteiger partial charge < -0.3 is 19.6 Å². The molecule has 2 atom stereocenters. The molecule has 202 valence electrons. The first kappa shape index (κ1) is 26.5. The summed E-state index contributed by atoms with van der Waals surface area (Å²) in [7, 11) is -1.81. The summed E-state index contributed by atoms with van der Waals surface area (Å²) in [6.07, 6.45) is 1.94. The number of hydrogen-bond donors (Lipinski definition) is 2. The van der Waals surface area contributed by atoms with Crippen molar-refractivity contribution in [3.05, 3.63) is 42.0 Å². The summed E-state index contributed by atoms with van der Waals surface area (Å²) < 4.78 is 36.1. The largest absolute Gasteiger partial charge is 0.473 e. The summed E-state index contributed by atoms with van der Waals surface area (Å²) >= 11 is 1.21. The van der Waals surface area contributed by atoms with Gasteiger partial charge in [0.1, 0.15) is 22.6 Å². The second-order valence-corrected chi connectivity index (χ2v) is 12.5. The van der Waals surface area contributed by atoms with Crippen LogP contribution >= 0.6 is 11.3 Å². The maximum Gasteiger partial charge on any atom is 0.280 e. The number of ether oxygens (including phenoxy) is 2. The van der Waals surface area contributed by atoms with Crippen LogP contribution in [0.1, 0.15) is 31.7 Å². The number of fused-ring (bicyclic) bond motifs is 1. The molecule has 1 aliphatic carbocycles. The number of amides is 1. The van der Waals surface area contributed by atoms with Crippen molar-refractivity contribution in [1.29, 1.82) is 0 Å². The molecule has 1 aromatic carbocycles. The summed E-state index contributed by atoms with van der Waals surface area (Å²) in [5.74, 6) is -0.0447. The zero-order valence-corrected chi connectivity index (χ0v) is 22.7. The lowest BCUT2D eigenvalue weighted by atomic mass is 10.1. The molecule has 1 unspecified atom stereocenters. The van der Waals surface area contributed by atoms with Crippen LogP contribution in [-0.2, 0) is 24.2 Å². The molecule has 1 saturated heterocycles. The quantitative estimate of drug-likeness (QED) is 0.268. The number of methoxy groups -OCH3 is 1. The molecule has 0 spiro atoms. The second-order valence-electron chi connectivity index (χ2n) is 9.26. The highest BCUT2D eigenvalue weighted by Gasteiger charge is 2.36. The van der Waals surface area contributed by atoms with Crippen molar-refractivity contribution >= 4 is 48.3 Å². The van der Waals surface area contributed by atoms with Crippen molar-refractivity contribution in [3.63, 3.8) is 0 Å². The number of carbonyl (C=O) groups is 1. The lowest BCUT2D eigenvalue weighted by molar-refractivity contribution is -0.110. The molecule has 11 nitrogen and oxygen atoms in total. The van der Waals surface area contributed by atoms with E-state index in [9.17, 15) is 13.2 Å². The lowest BCUT2D eigenvalue weighted by Gasteiger charge is -2.11. The Kier molecular flexibility index (Phi) is 7.88. The minimum Gasteiger partial charge on any atom is -0.473 e. The smallest absolute Gasteiger partial charge is 0.280 e. The summed E-state index contributed by atoms with van der Waals surface area (Å²) in [6, 6.07) is 9.66. The van der Waals surface area contributed by atoms with E-state index in [1.807, 2.05) is 0 Å². The van der Waals surface area contributed by atoms with Crippen LogP contribution in [-0.4, -0.2) is 74.3 Å². The van der Waals surface area contributed by atoms with Crippen LogP contribution in [0.25, 0.3) is 10.3 Å². The predicted octanol–water partition coefficient (Wildman–Crippen LogP) is 2.76. The average molecular weight is 560 g/mol. The van der Waals surface area contributed by atoms with E-state index in [0.29, 0.717) is 39.8 Å². The van der Waals surface area contributed by atoms with Crippen LogP contribution in [0.2, 0.25) is 0 Å². The third-order valence-corrected chi connectivity index (χ3v) is 9.27. The van der Waals surface area contributed by atoms with Crippen molar-refractivity contribution < 1.29 is 27.5 Å². The molecule has 1 aliphatic heterocycles. The van der Waals surface area contributed by atoms with Gasteiger partial charge in [-0.2, -0.15) is 0 Å². The number of oxime groups is 1. The molecule has 2 aliphatic rings. The molecule has 2 N–H and O–H groups in total. The molecular weight excluding hydrogens is 530 g/mol. The van der Waals surface area contributed by atoms with E-state index in [1.54, 1.807) is 38.3 Å². The number of benzene rings is 1. The van der Waals surface area contributed by atoms with Gasteiger partial charge >= 0.3 is 0 Å². The highest BCUT2D eigenvalue weighted by molar-refractivity contribution is 7.92. The van der Waals surface area contributed by atoms with Gasteiger partial charge in [-0.25, -0.2) is 18.4 Å². The SMILES string of the molecule is COC[C@@H](C)O/N=C(/C(=O)Nc1nc2ccc(OC3CCNC3)nc2s1)c1ccc(S(=O)(=O)C2CC2)cc1. The summed E-state index contributed by atoms with van der Waals surface area (Å²) in [6.45, 7) is 3.74. The topological polar surface area (TPSA) is 141 Å². The number of thiazole rings is 1. The fraction of sp³-hybridized carbons (Fsp3) is 0.440.